The van der Waals surface area contributed by atoms with E-state index in [9.17, 15) is 0 Å². The number of nitrogens with zero attached hydrogens (tertiary/aromatic N) is 2. The van der Waals surface area contributed by atoms with Gasteiger partial charge in [-0.3, -0.25) is 0 Å². The zero-order chi connectivity index (χ0) is 14.4. The van der Waals surface area contributed by atoms with Crippen molar-refractivity contribution in [1.29, 1.82) is 5.26 Å². The monoisotopic (exact) mass is 296 g/mol. The van der Waals surface area contributed by atoms with Gasteiger partial charge in [-0.15, -0.1) is 0 Å². The molecule has 0 amide bonds. The third kappa shape index (κ3) is 3.56. The average molecular weight is 296 g/mol. The molecular formula is C15H8N2OS2. The minimum Gasteiger partial charge on any atom is -0.445 e. The summed E-state index contributed by atoms with van der Waals surface area (Å²) in [5.41, 5.74) is 2.06. The Kier molecular flexibility index (Phi) is 4.70. The van der Waals surface area contributed by atoms with E-state index in [0.29, 0.717) is 22.1 Å². The summed E-state index contributed by atoms with van der Waals surface area (Å²) in [6, 6.07) is 16.0. The van der Waals surface area contributed by atoms with E-state index in [4.69, 9.17) is 22.2 Å². The number of aliphatic imine (C=N–C) groups is 1. The van der Waals surface area contributed by atoms with Gasteiger partial charge in [0.25, 0.3) is 0 Å². The predicted molar refractivity (Wildman–Crippen MR) is 84.6 cm³/mol. The fourth-order valence-electron chi connectivity index (χ4n) is 1.49. The quantitative estimate of drug-likeness (QED) is 0.633. The Bertz CT molecular complexity index is 709. The molecule has 0 radical (unpaired) electrons. The zero-order valence-corrected chi connectivity index (χ0v) is 11.9. The first kappa shape index (κ1) is 14.0. The van der Waals surface area contributed by atoms with Crippen LogP contribution in [0.15, 0.2) is 53.5 Å². The van der Waals surface area contributed by atoms with Gasteiger partial charge in [0.15, 0.2) is 5.05 Å². The molecule has 0 heterocycles. The minimum absolute atomic E-state index is 0.354. The lowest BCUT2D eigenvalue weighted by Crippen LogP contribution is -2.06. The molecule has 0 bridgehead atoms. The molecule has 20 heavy (non-hydrogen) atoms. The lowest BCUT2D eigenvalue weighted by Gasteiger charge is -2.07. The van der Waals surface area contributed by atoms with E-state index in [1.54, 1.807) is 48.5 Å². The van der Waals surface area contributed by atoms with Crippen LogP contribution in [-0.2, 0) is 0 Å². The Labute approximate surface area is 127 Å². The standard InChI is InChI=1S/C15H8N2OS2/c16-9-11-1-7-14(8-2-11)18-15(20)12-3-5-13(6-4-12)17-10-19/h1-8H. The van der Waals surface area contributed by atoms with E-state index in [-0.39, 0.29) is 0 Å². The third-order valence-corrected chi connectivity index (χ3v) is 2.88. The molecule has 0 fully saturated rings. The average Bonchev–Trinajstić information content (AvgIpc) is 2.49. The zero-order valence-electron chi connectivity index (χ0n) is 10.2. The Morgan fingerprint density at radius 2 is 1.70 bits per heavy atom. The van der Waals surface area contributed by atoms with Crippen molar-refractivity contribution in [2.24, 2.45) is 4.99 Å². The van der Waals surface area contributed by atoms with Crippen molar-refractivity contribution in [3.05, 3.63) is 59.7 Å². The second kappa shape index (κ2) is 6.69. The van der Waals surface area contributed by atoms with Gasteiger partial charge in [0.1, 0.15) is 5.75 Å². The van der Waals surface area contributed by atoms with Crippen molar-refractivity contribution >= 4 is 40.3 Å². The summed E-state index contributed by atoms with van der Waals surface area (Å²) in [7, 11) is 0. The second-order valence-corrected chi connectivity index (χ2v) is 4.33. The van der Waals surface area contributed by atoms with E-state index in [2.05, 4.69) is 22.4 Å². The first-order valence-corrected chi connectivity index (χ1v) is 6.45. The minimum atomic E-state index is 0.354. The van der Waals surface area contributed by atoms with E-state index in [0.717, 1.165) is 5.56 Å². The molecule has 0 spiro atoms. The second-order valence-electron chi connectivity index (χ2n) is 3.78. The maximum Gasteiger partial charge on any atom is 0.198 e. The summed E-state index contributed by atoms with van der Waals surface area (Å²) in [6.45, 7) is 0. The Hall–Kier alpha value is -2.38. The molecule has 0 saturated carbocycles. The molecule has 5 heteroatoms. The van der Waals surface area contributed by atoms with Gasteiger partial charge in [-0.1, -0.05) is 0 Å². The lowest BCUT2D eigenvalue weighted by atomic mass is 10.2. The van der Waals surface area contributed by atoms with Crippen molar-refractivity contribution < 1.29 is 4.74 Å². The lowest BCUT2D eigenvalue weighted by molar-refractivity contribution is 0.566. The van der Waals surface area contributed by atoms with Crippen molar-refractivity contribution in [3.8, 4) is 11.8 Å². The summed E-state index contributed by atoms with van der Waals surface area (Å²) >= 11 is 9.75. The fourth-order valence-corrected chi connectivity index (χ4v) is 1.83. The Balaban J connectivity index is 2.11. The number of rotatable bonds is 3. The molecule has 2 rings (SSSR count). The van der Waals surface area contributed by atoms with Crippen molar-refractivity contribution in [1.82, 2.24) is 0 Å². The summed E-state index contributed by atoms with van der Waals surface area (Å²) in [5, 5.41) is 11.4. The smallest absolute Gasteiger partial charge is 0.198 e. The number of hydrogen-bond acceptors (Lipinski definition) is 5. The van der Waals surface area contributed by atoms with Gasteiger partial charge in [0, 0.05) is 5.56 Å². The summed E-state index contributed by atoms with van der Waals surface area (Å²) in [6.07, 6.45) is 0. The number of ether oxygens (including phenoxy) is 1. The highest BCUT2D eigenvalue weighted by molar-refractivity contribution is 7.80. The SMILES string of the molecule is N#Cc1ccc(OC(=S)c2ccc(N=C=S)cc2)cc1. The topological polar surface area (TPSA) is 45.4 Å². The molecule has 0 aliphatic carbocycles. The van der Waals surface area contributed by atoms with E-state index < -0.39 is 0 Å². The van der Waals surface area contributed by atoms with Crippen LogP contribution in [0, 0.1) is 11.3 Å². The van der Waals surface area contributed by atoms with Crippen LogP contribution < -0.4 is 4.74 Å². The van der Waals surface area contributed by atoms with Crippen LogP contribution in [0.5, 0.6) is 5.75 Å². The van der Waals surface area contributed by atoms with Crippen molar-refractivity contribution in [2.45, 2.75) is 0 Å². The first-order valence-electron chi connectivity index (χ1n) is 5.63. The molecular weight excluding hydrogens is 288 g/mol. The number of hydrogen-bond donors (Lipinski definition) is 0. The van der Waals surface area contributed by atoms with Crippen LogP contribution in [0.4, 0.5) is 5.69 Å². The number of thiocarbonyl (C=S) groups is 2. The highest BCUT2D eigenvalue weighted by Gasteiger charge is 2.04. The maximum atomic E-state index is 8.72. The van der Waals surface area contributed by atoms with Crippen LogP contribution in [0.2, 0.25) is 0 Å². The van der Waals surface area contributed by atoms with Crippen LogP contribution >= 0.6 is 24.4 Å². The van der Waals surface area contributed by atoms with E-state index in [1.807, 2.05) is 6.07 Å². The van der Waals surface area contributed by atoms with Crippen LogP contribution in [0.1, 0.15) is 11.1 Å². The molecule has 0 aliphatic rings. The van der Waals surface area contributed by atoms with Crippen LogP contribution in [-0.4, -0.2) is 10.2 Å². The maximum absolute atomic E-state index is 8.72. The molecule has 96 valence electrons. The number of benzene rings is 2. The van der Waals surface area contributed by atoms with Gasteiger partial charge < -0.3 is 4.74 Å². The Morgan fingerprint density at radius 3 is 2.25 bits per heavy atom. The molecule has 0 aliphatic heterocycles. The number of nitriles is 1. The van der Waals surface area contributed by atoms with Gasteiger partial charge in [-0.05, 0) is 73.0 Å². The van der Waals surface area contributed by atoms with Crippen molar-refractivity contribution in [2.75, 3.05) is 0 Å². The summed E-state index contributed by atoms with van der Waals surface area (Å²) in [5.74, 6) is 0.593. The summed E-state index contributed by atoms with van der Waals surface area (Å²) < 4.78 is 5.55. The molecule has 0 unspecified atom stereocenters. The molecule has 0 saturated heterocycles. The van der Waals surface area contributed by atoms with Crippen molar-refractivity contribution in [3.63, 3.8) is 0 Å². The fraction of sp³-hybridized carbons (Fsp3) is 0. The van der Waals surface area contributed by atoms with Crippen LogP contribution in [0.25, 0.3) is 0 Å². The first-order chi connectivity index (χ1) is 9.72. The van der Waals surface area contributed by atoms with Gasteiger partial charge in [0.05, 0.1) is 22.5 Å². The summed E-state index contributed by atoms with van der Waals surface area (Å²) in [4.78, 5) is 3.86. The molecule has 0 atom stereocenters. The van der Waals surface area contributed by atoms with E-state index in [1.165, 1.54) is 0 Å². The number of isothiocyanates is 1. The van der Waals surface area contributed by atoms with Gasteiger partial charge in [-0.2, -0.15) is 10.3 Å². The normalized spacial score (nSPS) is 9.15. The van der Waals surface area contributed by atoms with E-state index >= 15 is 0 Å². The largest absolute Gasteiger partial charge is 0.445 e. The molecule has 2 aromatic carbocycles. The molecule has 2 aromatic rings. The predicted octanol–water partition coefficient (Wildman–Crippen LogP) is 4.05. The van der Waals surface area contributed by atoms with Gasteiger partial charge in [0.2, 0.25) is 0 Å². The molecule has 0 N–H and O–H groups in total. The Morgan fingerprint density at radius 1 is 1.05 bits per heavy atom. The van der Waals surface area contributed by atoms with Gasteiger partial charge >= 0.3 is 0 Å². The molecule has 0 aromatic heterocycles. The highest BCUT2D eigenvalue weighted by Crippen LogP contribution is 2.17. The molecule has 3 nitrogen and oxygen atoms in total. The highest BCUT2D eigenvalue weighted by atomic mass is 32.1. The third-order valence-electron chi connectivity index (χ3n) is 2.47. The van der Waals surface area contributed by atoms with Gasteiger partial charge in [-0.25, -0.2) is 0 Å². The van der Waals surface area contributed by atoms with Crippen LogP contribution in [0.3, 0.4) is 0 Å².